The van der Waals surface area contributed by atoms with Crippen molar-refractivity contribution in [2.24, 2.45) is 0 Å². The first-order valence-electron chi connectivity index (χ1n) is 7.79. The number of aromatic nitrogens is 4. The van der Waals surface area contributed by atoms with Gasteiger partial charge in [0.1, 0.15) is 0 Å². The van der Waals surface area contributed by atoms with Crippen LogP contribution in [0, 0.1) is 20.8 Å². The number of hydrogen-bond donors (Lipinski definition) is 1. The maximum Gasteiger partial charge on any atom is 0.253 e. The second-order valence-corrected chi connectivity index (χ2v) is 7.02. The number of thioether (sulfide) groups is 1. The molecule has 1 amide bonds. The van der Waals surface area contributed by atoms with Crippen LogP contribution in [0.1, 0.15) is 22.5 Å². The molecule has 0 radical (unpaired) electrons. The summed E-state index contributed by atoms with van der Waals surface area (Å²) in [5, 5.41) is 8.45. The van der Waals surface area contributed by atoms with Crippen molar-refractivity contribution in [3.63, 3.8) is 0 Å². The highest BCUT2D eigenvalue weighted by Gasteiger charge is 2.12. The van der Waals surface area contributed by atoms with Crippen LogP contribution in [0.25, 0.3) is 5.78 Å². The van der Waals surface area contributed by atoms with Gasteiger partial charge in [-0.3, -0.25) is 4.79 Å². The van der Waals surface area contributed by atoms with Crippen LogP contribution in [-0.4, -0.2) is 31.2 Å². The molecule has 1 N–H and O–H groups in total. The number of nitrogens with one attached hydrogen (secondary N) is 1. The van der Waals surface area contributed by atoms with Crippen molar-refractivity contribution < 1.29 is 4.79 Å². The zero-order valence-corrected chi connectivity index (χ0v) is 15.8. The Bertz CT molecular complexity index is 940. The number of carbonyl (C=O) groups excluding carboxylic acids is 1. The molecule has 0 atom stereocenters. The minimum atomic E-state index is -0.0965. The monoisotopic (exact) mass is 375 g/mol. The lowest BCUT2D eigenvalue weighted by Crippen LogP contribution is -2.24. The van der Waals surface area contributed by atoms with Gasteiger partial charge in [0, 0.05) is 23.0 Å². The Morgan fingerprint density at radius 1 is 1.24 bits per heavy atom. The summed E-state index contributed by atoms with van der Waals surface area (Å²) in [7, 11) is 0. The van der Waals surface area contributed by atoms with Crippen molar-refractivity contribution in [1.29, 1.82) is 0 Å². The third-order valence-electron chi connectivity index (χ3n) is 4.01. The Kier molecular flexibility index (Phi) is 5.24. The van der Waals surface area contributed by atoms with Gasteiger partial charge in [-0.1, -0.05) is 41.6 Å². The number of amides is 1. The van der Waals surface area contributed by atoms with Crippen molar-refractivity contribution in [3.05, 3.63) is 51.8 Å². The molecule has 3 aromatic rings. The topological polar surface area (TPSA) is 72.2 Å². The summed E-state index contributed by atoms with van der Waals surface area (Å²) in [5.41, 5.74) is 3.92. The lowest BCUT2D eigenvalue weighted by atomic mass is 10.2. The molecule has 0 saturated carbocycles. The van der Waals surface area contributed by atoms with E-state index in [-0.39, 0.29) is 11.7 Å². The number of halogens is 1. The molecule has 1 aromatic carbocycles. The molecular formula is C17H18ClN5OS. The summed E-state index contributed by atoms with van der Waals surface area (Å²) in [5.74, 6) is 0.693. The molecule has 2 heterocycles. The van der Waals surface area contributed by atoms with E-state index >= 15 is 0 Å². The number of carbonyl (C=O) groups is 1. The smallest absolute Gasteiger partial charge is 0.253 e. The molecule has 8 heteroatoms. The largest absolute Gasteiger partial charge is 0.351 e. The van der Waals surface area contributed by atoms with Crippen LogP contribution >= 0.6 is 23.4 Å². The number of fused-ring (bicyclic) bond motifs is 1. The molecule has 0 spiro atoms. The van der Waals surface area contributed by atoms with Crippen LogP contribution in [0.5, 0.6) is 0 Å². The molecule has 0 aliphatic carbocycles. The van der Waals surface area contributed by atoms with Crippen LogP contribution < -0.4 is 5.32 Å². The molecule has 6 nitrogen and oxygen atoms in total. The zero-order valence-electron chi connectivity index (χ0n) is 14.2. The lowest BCUT2D eigenvalue weighted by Gasteiger charge is -2.05. The summed E-state index contributed by atoms with van der Waals surface area (Å²) in [4.78, 5) is 20.9. The first-order valence-corrected chi connectivity index (χ1v) is 9.15. The number of nitrogens with zero attached hydrogens (tertiary/aromatic N) is 4. The summed E-state index contributed by atoms with van der Waals surface area (Å²) >= 11 is 7.37. The van der Waals surface area contributed by atoms with Gasteiger partial charge in [0.15, 0.2) is 0 Å². The van der Waals surface area contributed by atoms with E-state index in [9.17, 15) is 4.79 Å². The number of benzene rings is 1. The normalized spacial score (nSPS) is 11.0. The van der Waals surface area contributed by atoms with E-state index in [2.05, 4.69) is 20.4 Å². The van der Waals surface area contributed by atoms with Gasteiger partial charge in [-0.2, -0.15) is 4.98 Å². The minimum Gasteiger partial charge on any atom is -0.351 e. The molecule has 3 rings (SSSR count). The Hall–Kier alpha value is -2.12. The predicted molar refractivity (Wildman–Crippen MR) is 99.0 cm³/mol. The van der Waals surface area contributed by atoms with Crippen molar-refractivity contribution in [2.45, 2.75) is 32.5 Å². The maximum atomic E-state index is 12.0. The zero-order chi connectivity index (χ0) is 18.0. The predicted octanol–water partition coefficient (Wildman–Crippen LogP) is 3.11. The standard InChI is InChI=1S/C17H18ClN5OS/c1-10-11(2)20-16-21-17(22-23(16)12(10)3)25-9-15(24)19-8-13-6-4-5-7-14(13)18/h4-7H,8-9H2,1-3H3,(H,19,24). The van der Waals surface area contributed by atoms with Gasteiger partial charge in [0.25, 0.3) is 5.78 Å². The summed E-state index contributed by atoms with van der Waals surface area (Å²) in [6, 6.07) is 7.44. The fourth-order valence-electron chi connectivity index (χ4n) is 2.32. The van der Waals surface area contributed by atoms with E-state index in [1.54, 1.807) is 10.6 Å². The van der Waals surface area contributed by atoms with Crippen molar-refractivity contribution in [2.75, 3.05) is 5.75 Å². The fourth-order valence-corrected chi connectivity index (χ4v) is 3.17. The highest BCUT2D eigenvalue weighted by molar-refractivity contribution is 7.99. The summed E-state index contributed by atoms with van der Waals surface area (Å²) < 4.78 is 1.71. The average molecular weight is 376 g/mol. The quantitative estimate of drug-likeness (QED) is 0.694. The van der Waals surface area contributed by atoms with Crippen LogP contribution in [0.3, 0.4) is 0 Å². The maximum absolute atomic E-state index is 12.0. The second-order valence-electron chi connectivity index (χ2n) is 5.67. The number of hydrogen-bond acceptors (Lipinski definition) is 5. The van der Waals surface area contributed by atoms with Gasteiger partial charge in [-0.15, -0.1) is 5.10 Å². The van der Waals surface area contributed by atoms with Gasteiger partial charge in [0.2, 0.25) is 11.1 Å². The Balaban J connectivity index is 1.61. The Morgan fingerprint density at radius 3 is 2.76 bits per heavy atom. The molecular weight excluding hydrogens is 358 g/mol. The van der Waals surface area contributed by atoms with Crippen molar-refractivity contribution >= 4 is 35.0 Å². The Labute approximate surface area is 155 Å². The van der Waals surface area contributed by atoms with Crippen LogP contribution in [0.4, 0.5) is 0 Å². The van der Waals surface area contributed by atoms with Crippen molar-refractivity contribution in [3.8, 4) is 0 Å². The number of aryl methyl sites for hydroxylation is 2. The van der Waals surface area contributed by atoms with Gasteiger partial charge < -0.3 is 5.32 Å². The molecule has 130 valence electrons. The first kappa shape index (κ1) is 17.7. The molecule has 0 saturated heterocycles. The van der Waals surface area contributed by atoms with E-state index in [0.717, 1.165) is 22.5 Å². The molecule has 25 heavy (non-hydrogen) atoms. The summed E-state index contributed by atoms with van der Waals surface area (Å²) in [6.07, 6.45) is 0. The first-order chi connectivity index (χ1) is 12.0. The minimum absolute atomic E-state index is 0.0965. The third kappa shape index (κ3) is 3.93. The lowest BCUT2D eigenvalue weighted by molar-refractivity contribution is -0.118. The van der Waals surface area contributed by atoms with Crippen LogP contribution in [-0.2, 0) is 11.3 Å². The highest BCUT2D eigenvalue weighted by Crippen LogP contribution is 2.18. The third-order valence-corrected chi connectivity index (χ3v) is 5.21. The van der Waals surface area contributed by atoms with E-state index < -0.39 is 0 Å². The Morgan fingerprint density at radius 2 is 2.00 bits per heavy atom. The van der Waals surface area contributed by atoms with Crippen LogP contribution in [0.2, 0.25) is 5.02 Å². The van der Waals surface area contributed by atoms with E-state index in [0.29, 0.717) is 22.5 Å². The van der Waals surface area contributed by atoms with Gasteiger partial charge >= 0.3 is 0 Å². The van der Waals surface area contributed by atoms with Gasteiger partial charge in [-0.25, -0.2) is 9.50 Å². The molecule has 2 aromatic heterocycles. The fraction of sp³-hybridized carbons (Fsp3) is 0.294. The molecule has 0 unspecified atom stereocenters. The molecule has 0 bridgehead atoms. The van der Waals surface area contributed by atoms with Gasteiger partial charge in [-0.05, 0) is 38.0 Å². The van der Waals surface area contributed by atoms with E-state index in [1.807, 2.05) is 39.0 Å². The highest BCUT2D eigenvalue weighted by atomic mass is 35.5. The van der Waals surface area contributed by atoms with Gasteiger partial charge in [0.05, 0.1) is 5.75 Å². The van der Waals surface area contributed by atoms with Crippen molar-refractivity contribution in [1.82, 2.24) is 24.9 Å². The molecule has 0 aliphatic rings. The van der Waals surface area contributed by atoms with E-state index in [1.165, 1.54) is 11.8 Å². The van der Waals surface area contributed by atoms with Crippen LogP contribution in [0.15, 0.2) is 29.4 Å². The average Bonchev–Trinajstić information content (AvgIpc) is 3.00. The molecule has 0 aliphatic heterocycles. The summed E-state index contributed by atoms with van der Waals surface area (Å²) in [6.45, 7) is 6.34. The SMILES string of the molecule is Cc1nc2nc(SCC(=O)NCc3ccccc3Cl)nn2c(C)c1C. The second kappa shape index (κ2) is 7.41. The number of rotatable bonds is 5. The van der Waals surface area contributed by atoms with E-state index in [4.69, 9.17) is 11.6 Å². The molecule has 0 fully saturated rings.